The van der Waals surface area contributed by atoms with Crippen LogP contribution in [0.1, 0.15) is 66.2 Å². The molecule has 1 aliphatic carbocycles. The smallest absolute Gasteiger partial charge is 0.371 e. The Kier molecular flexibility index (Phi) is 8.69. The molecule has 0 spiro atoms. The van der Waals surface area contributed by atoms with Crippen molar-refractivity contribution < 1.29 is 23.8 Å². The Bertz CT molecular complexity index is 606. The molecule has 0 radical (unpaired) electrons. The fraction of sp³-hybridized carbons (Fsp3) is 0.913. The molecule has 0 amide bonds. The number of esters is 2. The number of hydrogen-bond donors (Lipinski definition) is 0. The summed E-state index contributed by atoms with van der Waals surface area (Å²) in [6.07, 6.45) is 5.04. The molecule has 31 heavy (non-hydrogen) atoms. The summed E-state index contributed by atoms with van der Waals surface area (Å²) in [4.78, 5) is 30.4. The predicted octanol–water partition coefficient (Wildman–Crippen LogP) is 3.27. The van der Waals surface area contributed by atoms with E-state index in [0.717, 1.165) is 76.2 Å². The fourth-order valence-electron chi connectivity index (χ4n) is 4.80. The Morgan fingerprint density at radius 3 is 2.06 bits per heavy atom. The SMILES string of the molecule is CCOC(=O)C1CCC(OC(C(=O)OC(C)(C)C)(N2CCCC2)N2CCSCC2)CC1. The van der Waals surface area contributed by atoms with Crippen LogP contribution in [0.2, 0.25) is 0 Å². The quantitative estimate of drug-likeness (QED) is 0.541. The summed E-state index contributed by atoms with van der Waals surface area (Å²) < 4.78 is 18.0. The first-order chi connectivity index (χ1) is 14.8. The monoisotopic (exact) mass is 456 g/mol. The highest BCUT2D eigenvalue weighted by atomic mass is 32.2. The van der Waals surface area contributed by atoms with Crippen molar-refractivity contribution in [3.05, 3.63) is 0 Å². The summed E-state index contributed by atoms with van der Waals surface area (Å²) in [6.45, 7) is 11.3. The fourth-order valence-corrected chi connectivity index (χ4v) is 5.70. The number of rotatable bonds is 7. The molecule has 8 heteroatoms. The molecule has 2 saturated heterocycles. The predicted molar refractivity (Wildman–Crippen MR) is 122 cm³/mol. The van der Waals surface area contributed by atoms with E-state index in [0.29, 0.717) is 6.61 Å². The highest BCUT2D eigenvalue weighted by Crippen LogP contribution is 2.37. The molecule has 3 fully saturated rings. The topological polar surface area (TPSA) is 68.3 Å². The van der Waals surface area contributed by atoms with Gasteiger partial charge in [0.15, 0.2) is 0 Å². The lowest BCUT2D eigenvalue weighted by Gasteiger charge is -2.50. The van der Waals surface area contributed by atoms with E-state index in [-0.39, 0.29) is 24.0 Å². The van der Waals surface area contributed by atoms with Gasteiger partial charge in [-0.25, -0.2) is 4.79 Å². The number of likely N-dealkylation sites (tertiary alicyclic amines) is 1. The molecule has 1 saturated carbocycles. The standard InChI is InChI=1S/C23H40N2O5S/c1-5-28-20(26)18-8-10-19(11-9-18)29-23(24-12-6-7-13-24,21(27)30-22(2,3)4)25-14-16-31-17-15-25/h18-19H,5-17H2,1-4H3. The van der Waals surface area contributed by atoms with Crippen LogP contribution in [-0.2, 0) is 23.8 Å². The summed E-state index contributed by atoms with van der Waals surface area (Å²) in [5.74, 6) is 0.336. The lowest BCUT2D eigenvalue weighted by Crippen LogP contribution is -2.70. The van der Waals surface area contributed by atoms with Gasteiger partial charge in [0.2, 0.25) is 0 Å². The zero-order chi connectivity index (χ0) is 22.5. The van der Waals surface area contributed by atoms with Gasteiger partial charge in [-0.15, -0.1) is 0 Å². The second-order valence-corrected chi connectivity index (χ2v) is 11.0. The van der Waals surface area contributed by atoms with Crippen LogP contribution in [0, 0.1) is 5.92 Å². The van der Waals surface area contributed by atoms with Crippen molar-refractivity contribution in [1.29, 1.82) is 0 Å². The minimum absolute atomic E-state index is 0.0612. The third-order valence-electron chi connectivity index (χ3n) is 6.26. The molecule has 0 aromatic carbocycles. The Labute approximate surface area is 191 Å². The normalized spacial score (nSPS) is 28.1. The molecular weight excluding hydrogens is 416 g/mol. The van der Waals surface area contributed by atoms with E-state index in [2.05, 4.69) is 9.80 Å². The number of thioether (sulfide) groups is 1. The molecule has 3 rings (SSSR count). The molecule has 7 nitrogen and oxygen atoms in total. The number of hydrogen-bond acceptors (Lipinski definition) is 8. The number of carbonyl (C=O) groups excluding carboxylic acids is 2. The minimum Gasteiger partial charge on any atom is -0.466 e. The first-order valence-corrected chi connectivity index (χ1v) is 13.1. The van der Waals surface area contributed by atoms with E-state index in [4.69, 9.17) is 14.2 Å². The largest absolute Gasteiger partial charge is 0.466 e. The first-order valence-electron chi connectivity index (χ1n) is 11.9. The zero-order valence-corrected chi connectivity index (χ0v) is 20.5. The van der Waals surface area contributed by atoms with Gasteiger partial charge in [-0.3, -0.25) is 14.6 Å². The van der Waals surface area contributed by atoms with Crippen LogP contribution >= 0.6 is 11.8 Å². The van der Waals surface area contributed by atoms with Crippen molar-refractivity contribution in [2.24, 2.45) is 5.92 Å². The van der Waals surface area contributed by atoms with Gasteiger partial charge >= 0.3 is 11.9 Å². The molecule has 1 unspecified atom stereocenters. The van der Waals surface area contributed by atoms with E-state index in [9.17, 15) is 9.59 Å². The Morgan fingerprint density at radius 2 is 1.52 bits per heavy atom. The van der Waals surface area contributed by atoms with Crippen LogP contribution in [0.4, 0.5) is 0 Å². The van der Waals surface area contributed by atoms with Gasteiger partial charge in [0, 0.05) is 37.7 Å². The van der Waals surface area contributed by atoms with E-state index in [1.54, 1.807) is 0 Å². The van der Waals surface area contributed by atoms with Gasteiger partial charge in [-0.2, -0.15) is 11.8 Å². The van der Waals surface area contributed by atoms with Gasteiger partial charge in [0.25, 0.3) is 5.85 Å². The third kappa shape index (κ3) is 6.15. The van der Waals surface area contributed by atoms with E-state index >= 15 is 0 Å². The third-order valence-corrected chi connectivity index (χ3v) is 7.21. The maximum absolute atomic E-state index is 13.8. The van der Waals surface area contributed by atoms with Crippen LogP contribution in [0.5, 0.6) is 0 Å². The molecule has 0 aromatic heterocycles. The van der Waals surface area contributed by atoms with E-state index in [1.807, 2.05) is 39.5 Å². The molecule has 3 aliphatic rings. The molecule has 2 heterocycles. The lowest BCUT2D eigenvalue weighted by atomic mass is 9.87. The van der Waals surface area contributed by atoms with Gasteiger partial charge in [-0.05, 0) is 66.2 Å². The van der Waals surface area contributed by atoms with Crippen LogP contribution in [-0.4, -0.2) is 83.6 Å². The van der Waals surface area contributed by atoms with Crippen LogP contribution in [0.3, 0.4) is 0 Å². The van der Waals surface area contributed by atoms with Crippen LogP contribution < -0.4 is 0 Å². The summed E-state index contributed by atoms with van der Waals surface area (Å²) in [7, 11) is 0. The second-order valence-electron chi connectivity index (χ2n) is 9.75. The lowest BCUT2D eigenvalue weighted by molar-refractivity contribution is -0.276. The van der Waals surface area contributed by atoms with Crippen LogP contribution in [0.25, 0.3) is 0 Å². The second kappa shape index (κ2) is 10.9. The van der Waals surface area contributed by atoms with Crippen molar-refractivity contribution in [3.63, 3.8) is 0 Å². The molecule has 2 aliphatic heterocycles. The highest BCUT2D eigenvalue weighted by Gasteiger charge is 2.55. The Balaban J connectivity index is 1.82. The summed E-state index contributed by atoms with van der Waals surface area (Å²) >= 11 is 1.92. The summed E-state index contributed by atoms with van der Waals surface area (Å²) in [6, 6.07) is 0. The summed E-state index contributed by atoms with van der Waals surface area (Å²) in [5, 5.41) is 0. The first kappa shape index (κ1) is 24.8. The Morgan fingerprint density at radius 1 is 0.935 bits per heavy atom. The van der Waals surface area contributed by atoms with Gasteiger partial charge < -0.3 is 14.2 Å². The van der Waals surface area contributed by atoms with E-state index < -0.39 is 11.4 Å². The Hall–Kier alpha value is -0.830. The van der Waals surface area contributed by atoms with E-state index in [1.165, 1.54) is 0 Å². The number of carbonyl (C=O) groups is 2. The summed E-state index contributed by atoms with van der Waals surface area (Å²) in [5.41, 5.74) is -0.586. The number of ether oxygens (including phenoxy) is 3. The van der Waals surface area contributed by atoms with Crippen molar-refractivity contribution in [1.82, 2.24) is 9.80 Å². The molecule has 178 valence electrons. The molecule has 1 atom stereocenters. The average Bonchev–Trinajstić information content (AvgIpc) is 3.27. The minimum atomic E-state index is -1.17. The molecule has 0 N–H and O–H groups in total. The maximum atomic E-state index is 13.8. The highest BCUT2D eigenvalue weighted by molar-refractivity contribution is 7.99. The molecule has 0 aromatic rings. The van der Waals surface area contributed by atoms with Crippen LogP contribution in [0.15, 0.2) is 0 Å². The molecule has 0 bridgehead atoms. The van der Waals surface area contributed by atoms with Gasteiger partial charge in [0.05, 0.1) is 18.6 Å². The zero-order valence-electron chi connectivity index (χ0n) is 19.7. The van der Waals surface area contributed by atoms with Crippen molar-refractivity contribution >= 4 is 23.7 Å². The molecular formula is C23H40N2O5S. The maximum Gasteiger partial charge on any atom is 0.371 e. The average molecular weight is 457 g/mol. The van der Waals surface area contributed by atoms with Gasteiger partial charge in [-0.1, -0.05) is 0 Å². The van der Waals surface area contributed by atoms with Gasteiger partial charge in [0.1, 0.15) is 5.60 Å². The van der Waals surface area contributed by atoms with Crippen molar-refractivity contribution in [2.75, 3.05) is 44.3 Å². The number of nitrogens with zero attached hydrogens (tertiary/aromatic N) is 2. The van der Waals surface area contributed by atoms with Crippen molar-refractivity contribution in [2.45, 2.75) is 83.8 Å². The van der Waals surface area contributed by atoms with Crippen molar-refractivity contribution in [3.8, 4) is 0 Å².